The minimum absolute atomic E-state index is 0.134. The Bertz CT molecular complexity index is 1170. The number of pyridine rings is 1. The van der Waals surface area contributed by atoms with Crippen LogP contribution in [0.15, 0.2) is 70.7 Å². The van der Waals surface area contributed by atoms with Crippen LogP contribution in [0.5, 0.6) is 0 Å². The van der Waals surface area contributed by atoms with Crippen LogP contribution in [0.1, 0.15) is 11.1 Å². The summed E-state index contributed by atoms with van der Waals surface area (Å²) in [6, 6.07) is 16.8. The number of nitrogens with zero attached hydrogens (tertiary/aromatic N) is 2. The first-order valence-corrected chi connectivity index (χ1v) is 9.59. The van der Waals surface area contributed by atoms with E-state index in [1.807, 2.05) is 48.5 Å². The summed E-state index contributed by atoms with van der Waals surface area (Å²) in [6.07, 6.45) is 2.45. The van der Waals surface area contributed by atoms with Crippen molar-refractivity contribution in [1.29, 1.82) is 0 Å². The van der Waals surface area contributed by atoms with E-state index in [2.05, 4.69) is 20.6 Å². The van der Waals surface area contributed by atoms with Crippen LogP contribution in [0.2, 0.25) is 0 Å². The van der Waals surface area contributed by atoms with Gasteiger partial charge in [0.2, 0.25) is 0 Å². The van der Waals surface area contributed by atoms with Crippen LogP contribution in [0.25, 0.3) is 17.0 Å². The standard InChI is InChI=1S/C21H16N4O3S/c26-19-18(11-13-7-8-16-14(10-13)5-3-9-22-16)29-20(25-19)24-17-6-2-1-4-15(17)12-23-21(27)28/h1-11,23H,12H2,(H,27,28)(H,24,25,26)/b18-11-. The molecule has 0 bridgehead atoms. The summed E-state index contributed by atoms with van der Waals surface area (Å²) in [5.41, 5.74) is 3.11. The number of aromatic nitrogens is 1. The predicted molar refractivity (Wildman–Crippen MR) is 114 cm³/mol. The van der Waals surface area contributed by atoms with E-state index in [9.17, 15) is 9.59 Å². The molecule has 1 saturated heterocycles. The molecule has 2 amide bonds. The third-order valence-electron chi connectivity index (χ3n) is 4.22. The first kappa shape index (κ1) is 18.7. The molecule has 2 aromatic carbocycles. The fraction of sp³-hybridized carbons (Fsp3) is 0.0476. The van der Waals surface area contributed by atoms with Crippen LogP contribution in [0.3, 0.4) is 0 Å². The normalized spacial score (nSPS) is 16.3. The van der Waals surface area contributed by atoms with E-state index < -0.39 is 6.09 Å². The number of nitrogens with one attached hydrogen (secondary N) is 2. The third kappa shape index (κ3) is 4.44. The topological polar surface area (TPSA) is 104 Å². The lowest BCUT2D eigenvalue weighted by Crippen LogP contribution is -2.21. The fourth-order valence-electron chi connectivity index (χ4n) is 2.87. The van der Waals surface area contributed by atoms with Crippen molar-refractivity contribution < 1.29 is 14.7 Å². The van der Waals surface area contributed by atoms with Crippen LogP contribution in [0, 0.1) is 0 Å². The Morgan fingerprint density at radius 2 is 2.07 bits per heavy atom. The summed E-state index contributed by atoms with van der Waals surface area (Å²) in [5, 5.41) is 15.3. The molecule has 0 unspecified atom stereocenters. The van der Waals surface area contributed by atoms with Crippen LogP contribution in [0.4, 0.5) is 10.5 Å². The van der Waals surface area contributed by atoms with Gasteiger partial charge in [0.05, 0.1) is 16.1 Å². The molecule has 0 spiro atoms. The number of hydrogen-bond donors (Lipinski definition) is 3. The maximum Gasteiger partial charge on any atom is 0.404 e. The second-order valence-corrected chi connectivity index (χ2v) is 7.26. The van der Waals surface area contributed by atoms with Crippen molar-refractivity contribution in [3.05, 3.63) is 76.8 Å². The van der Waals surface area contributed by atoms with Gasteiger partial charge in [-0.05, 0) is 53.2 Å². The molecule has 0 saturated carbocycles. The molecule has 0 aliphatic carbocycles. The number of rotatable bonds is 4. The Kier molecular flexibility index (Phi) is 5.26. The van der Waals surface area contributed by atoms with Crippen molar-refractivity contribution >= 4 is 51.6 Å². The van der Waals surface area contributed by atoms with Gasteiger partial charge in [-0.2, -0.15) is 0 Å². The van der Waals surface area contributed by atoms with Crippen molar-refractivity contribution in [2.45, 2.75) is 6.54 Å². The fourth-order valence-corrected chi connectivity index (χ4v) is 3.70. The lowest BCUT2D eigenvalue weighted by Gasteiger charge is -2.05. The quantitative estimate of drug-likeness (QED) is 0.572. The number of amides is 2. The largest absolute Gasteiger partial charge is 0.465 e. The average molecular weight is 404 g/mol. The van der Waals surface area contributed by atoms with Gasteiger partial charge >= 0.3 is 6.09 Å². The van der Waals surface area contributed by atoms with Crippen molar-refractivity contribution in [3.63, 3.8) is 0 Å². The molecular formula is C21H16N4O3S. The van der Waals surface area contributed by atoms with Gasteiger partial charge in [-0.25, -0.2) is 9.79 Å². The Morgan fingerprint density at radius 1 is 1.21 bits per heavy atom. The highest BCUT2D eigenvalue weighted by Gasteiger charge is 2.24. The lowest BCUT2D eigenvalue weighted by atomic mass is 10.1. The molecule has 1 aliphatic heterocycles. The zero-order valence-electron chi connectivity index (χ0n) is 15.1. The molecule has 3 aromatic rings. The SMILES string of the molecule is O=C(O)NCc1ccccc1N=C1NC(=O)/C(=C/c2ccc3ncccc3c2)S1. The van der Waals surface area contributed by atoms with Gasteiger partial charge in [-0.1, -0.05) is 30.3 Å². The molecule has 4 rings (SSSR count). The molecule has 2 heterocycles. The van der Waals surface area contributed by atoms with Crippen LogP contribution < -0.4 is 10.6 Å². The zero-order valence-corrected chi connectivity index (χ0v) is 15.9. The van der Waals surface area contributed by atoms with E-state index in [-0.39, 0.29) is 12.5 Å². The number of aliphatic imine (C=N–C) groups is 1. The molecule has 7 nitrogen and oxygen atoms in total. The number of para-hydroxylation sites is 1. The molecule has 0 atom stereocenters. The van der Waals surface area contributed by atoms with Gasteiger partial charge in [0, 0.05) is 18.1 Å². The van der Waals surface area contributed by atoms with E-state index in [4.69, 9.17) is 5.11 Å². The number of hydrogen-bond acceptors (Lipinski definition) is 5. The summed E-state index contributed by atoms with van der Waals surface area (Å²) in [6.45, 7) is 0.134. The second kappa shape index (κ2) is 8.15. The van der Waals surface area contributed by atoms with Crippen molar-refractivity contribution in [2.24, 2.45) is 4.99 Å². The van der Waals surface area contributed by atoms with Gasteiger partial charge in [-0.3, -0.25) is 9.78 Å². The Morgan fingerprint density at radius 3 is 2.93 bits per heavy atom. The summed E-state index contributed by atoms with van der Waals surface area (Å²) in [7, 11) is 0. The monoisotopic (exact) mass is 404 g/mol. The molecule has 1 fully saturated rings. The summed E-state index contributed by atoms with van der Waals surface area (Å²) in [5.74, 6) is -0.221. The van der Waals surface area contributed by atoms with E-state index in [0.29, 0.717) is 15.8 Å². The number of carbonyl (C=O) groups is 2. The van der Waals surface area contributed by atoms with Gasteiger partial charge in [0.1, 0.15) is 0 Å². The van der Waals surface area contributed by atoms with Crippen molar-refractivity contribution in [3.8, 4) is 0 Å². The van der Waals surface area contributed by atoms with Gasteiger partial charge in [0.15, 0.2) is 5.17 Å². The average Bonchev–Trinajstić information content (AvgIpc) is 3.06. The molecule has 1 aliphatic rings. The Balaban J connectivity index is 1.57. The van der Waals surface area contributed by atoms with Crippen molar-refractivity contribution in [2.75, 3.05) is 0 Å². The number of benzene rings is 2. The first-order chi connectivity index (χ1) is 14.1. The third-order valence-corrected chi connectivity index (χ3v) is 5.13. The Labute approximate surface area is 170 Å². The summed E-state index contributed by atoms with van der Waals surface area (Å²) >= 11 is 1.25. The number of thioether (sulfide) groups is 1. The van der Waals surface area contributed by atoms with Gasteiger partial charge < -0.3 is 15.7 Å². The zero-order chi connectivity index (χ0) is 20.2. The molecule has 0 radical (unpaired) electrons. The highest BCUT2D eigenvalue weighted by Crippen LogP contribution is 2.29. The molecule has 29 heavy (non-hydrogen) atoms. The number of amidine groups is 1. The minimum Gasteiger partial charge on any atom is -0.465 e. The highest BCUT2D eigenvalue weighted by atomic mass is 32.2. The number of carboxylic acid groups (broad SMARTS) is 1. The Hall–Kier alpha value is -3.65. The van der Waals surface area contributed by atoms with E-state index in [0.717, 1.165) is 22.0 Å². The van der Waals surface area contributed by atoms with Crippen LogP contribution in [-0.2, 0) is 11.3 Å². The predicted octanol–water partition coefficient (Wildman–Crippen LogP) is 3.89. The van der Waals surface area contributed by atoms with E-state index >= 15 is 0 Å². The molecule has 144 valence electrons. The van der Waals surface area contributed by atoms with Crippen molar-refractivity contribution in [1.82, 2.24) is 15.6 Å². The maximum absolute atomic E-state index is 12.4. The van der Waals surface area contributed by atoms with Gasteiger partial charge in [-0.15, -0.1) is 0 Å². The molecule has 3 N–H and O–H groups in total. The van der Waals surface area contributed by atoms with E-state index in [1.165, 1.54) is 11.8 Å². The second-order valence-electron chi connectivity index (χ2n) is 6.22. The maximum atomic E-state index is 12.4. The number of carbonyl (C=O) groups excluding carboxylic acids is 1. The molecule has 1 aromatic heterocycles. The lowest BCUT2D eigenvalue weighted by molar-refractivity contribution is -0.115. The van der Waals surface area contributed by atoms with Crippen LogP contribution in [-0.4, -0.2) is 27.3 Å². The summed E-state index contributed by atoms with van der Waals surface area (Å²) < 4.78 is 0. The smallest absolute Gasteiger partial charge is 0.404 e. The van der Waals surface area contributed by atoms with Crippen LogP contribution >= 0.6 is 11.8 Å². The minimum atomic E-state index is -1.10. The van der Waals surface area contributed by atoms with Gasteiger partial charge in [0.25, 0.3) is 5.91 Å². The highest BCUT2D eigenvalue weighted by molar-refractivity contribution is 8.18. The number of fused-ring (bicyclic) bond motifs is 1. The molecule has 8 heteroatoms. The van der Waals surface area contributed by atoms with E-state index in [1.54, 1.807) is 18.3 Å². The first-order valence-electron chi connectivity index (χ1n) is 8.77. The summed E-state index contributed by atoms with van der Waals surface area (Å²) in [4.78, 5) is 32.4. The molecular weight excluding hydrogens is 388 g/mol.